The Balaban J connectivity index is 0.00000576. The minimum atomic E-state index is -0.164. The largest absolute Gasteiger partial charge is 1.00 e. The summed E-state index contributed by atoms with van der Waals surface area (Å²) in [5, 5.41) is 2.95. The van der Waals surface area contributed by atoms with Crippen molar-refractivity contribution in [3.63, 3.8) is 0 Å². The van der Waals surface area contributed by atoms with Crippen LogP contribution in [0.4, 0.5) is 5.69 Å². The molecular weight excluding hydrogens is 433 g/mol. The quantitative estimate of drug-likeness (QED) is 0.394. The Hall–Kier alpha value is -1.35. The second kappa shape index (κ2) is 10.6. The predicted molar refractivity (Wildman–Crippen MR) is 96.5 cm³/mol. The van der Waals surface area contributed by atoms with Crippen LogP contribution in [0, 0.1) is 0 Å². The number of nitrogens with zero attached hydrogens (tertiary/aromatic N) is 2. The highest BCUT2D eigenvalue weighted by Crippen LogP contribution is 2.25. The van der Waals surface area contributed by atoms with Crippen molar-refractivity contribution >= 4 is 17.5 Å². The molecule has 25 heavy (non-hydrogen) atoms. The van der Waals surface area contributed by atoms with Gasteiger partial charge in [0.05, 0.1) is 45.9 Å². The predicted octanol–water partition coefficient (Wildman–Crippen LogP) is -1.10. The zero-order valence-electron chi connectivity index (χ0n) is 16.1. The van der Waals surface area contributed by atoms with Gasteiger partial charge in [0.15, 0.2) is 0 Å². The number of amides is 2. The molecule has 0 unspecified atom stereocenters. The monoisotopic (exact) mass is 463 g/mol. The topological polar surface area (TPSA) is 58.6 Å². The van der Waals surface area contributed by atoms with Crippen LogP contribution in [-0.4, -0.2) is 63.7 Å². The van der Waals surface area contributed by atoms with Gasteiger partial charge in [0.1, 0.15) is 5.75 Å². The Morgan fingerprint density at radius 3 is 2.32 bits per heavy atom. The molecule has 1 rings (SSSR count). The second-order valence-electron chi connectivity index (χ2n) is 6.19. The van der Waals surface area contributed by atoms with Crippen LogP contribution in [0.25, 0.3) is 0 Å². The van der Waals surface area contributed by atoms with Gasteiger partial charge < -0.3 is 43.4 Å². The summed E-state index contributed by atoms with van der Waals surface area (Å²) in [5.41, 5.74) is 1.16. The van der Waals surface area contributed by atoms with E-state index in [1.165, 1.54) is 18.9 Å². The number of rotatable bonds is 8. The van der Waals surface area contributed by atoms with Gasteiger partial charge in [-0.3, -0.25) is 9.59 Å². The third-order valence-corrected chi connectivity index (χ3v) is 4.75. The van der Waals surface area contributed by atoms with Gasteiger partial charge in [-0.2, -0.15) is 0 Å². The number of likely N-dealkylation sites (N-methyl/N-ethyl adjacent to an activating group) is 1. The van der Waals surface area contributed by atoms with Crippen LogP contribution in [0.1, 0.15) is 31.1 Å². The van der Waals surface area contributed by atoms with Crippen molar-refractivity contribution in [1.82, 2.24) is 5.32 Å². The molecule has 0 aliphatic carbocycles. The molecule has 6 nitrogen and oxygen atoms in total. The minimum absolute atomic E-state index is 0. The summed E-state index contributed by atoms with van der Waals surface area (Å²) in [5.74, 6) is 0.217. The number of nitrogens with one attached hydrogen (secondary N) is 1. The summed E-state index contributed by atoms with van der Waals surface area (Å²) in [6.45, 7) is 9.34. The van der Waals surface area contributed by atoms with Crippen LogP contribution < -0.4 is 38.9 Å². The molecule has 0 saturated heterocycles. The Bertz CT molecular complexity index is 589. The van der Waals surface area contributed by atoms with E-state index in [1.807, 2.05) is 0 Å². The maximum absolute atomic E-state index is 12.4. The summed E-state index contributed by atoms with van der Waals surface area (Å²) < 4.78 is 6.24. The average molecular weight is 463 g/mol. The molecule has 0 atom stereocenters. The maximum atomic E-state index is 12.4. The molecule has 0 bridgehead atoms. The van der Waals surface area contributed by atoms with E-state index in [4.69, 9.17) is 4.74 Å². The van der Waals surface area contributed by atoms with Gasteiger partial charge in [0, 0.05) is 25.7 Å². The first kappa shape index (κ1) is 23.6. The molecule has 0 aliphatic heterocycles. The molecule has 7 heteroatoms. The molecule has 1 aromatic rings. The molecule has 1 aromatic carbocycles. The molecule has 0 radical (unpaired) electrons. The number of quaternary nitrogens is 1. The van der Waals surface area contributed by atoms with Crippen molar-refractivity contribution in [2.45, 2.75) is 20.8 Å². The maximum Gasteiger partial charge on any atom is 0.255 e. The van der Waals surface area contributed by atoms with Gasteiger partial charge in [-0.1, -0.05) is 0 Å². The van der Waals surface area contributed by atoms with Crippen LogP contribution in [0.3, 0.4) is 0 Å². The molecule has 0 fully saturated rings. The van der Waals surface area contributed by atoms with E-state index >= 15 is 0 Å². The van der Waals surface area contributed by atoms with E-state index in [-0.39, 0.29) is 35.8 Å². The summed E-state index contributed by atoms with van der Waals surface area (Å²) in [6.07, 6.45) is 0. The number of ether oxygens (including phenoxy) is 1. The molecule has 2 amide bonds. The van der Waals surface area contributed by atoms with Crippen molar-refractivity contribution in [2.24, 2.45) is 0 Å². The van der Waals surface area contributed by atoms with Gasteiger partial charge >= 0.3 is 0 Å². The molecular formula is C18H30IN3O3. The highest BCUT2D eigenvalue weighted by atomic mass is 127. The lowest BCUT2D eigenvalue weighted by Gasteiger charge is -2.32. The fraction of sp³-hybridized carbons (Fsp3) is 0.556. The molecule has 1 N–H and O–H groups in total. The summed E-state index contributed by atoms with van der Waals surface area (Å²) >= 11 is 0. The standard InChI is InChI=1S/C18H29N3O3.HI/c1-7-21(5,8-2)12-11-19-18(23)16-10-9-15(13-17(16)24-6)20(4)14(3)22;/h9-10,13H,7-8,11-12H2,1-6H3;1H. The Morgan fingerprint density at radius 2 is 1.84 bits per heavy atom. The van der Waals surface area contributed by atoms with Gasteiger partial charge in [-0.05, 0) is 26.0 Å². The number of halogens is 1. The zero-order chi connectivity index (χ0) is 18.3. The van der Waals surface area contributed by atoms with Crippen LogP contribution >= 0.6 is 0 Å². The fourth-order valence-corrected chi connectivity index (χ4v) is 2.33. The van der Waals surface area contributed by atoms with E-state index in [2.05, 4.69) is 26.2 Å². The molecule has 0 saturated carbocycles. The molecule has 0 heterocycles. The van der Waals surface area contributed by atoms with Crippen LogP contribution in [0.5, 0.6) is 5.75 Å². The minimum Gasteiger partial charge on any atom is -1.00 e. The van der Waals surface area contributed by atoms with Crippen molar-refractivity contribution in [3.05, 3.63) is 23.8 Å². The Labute approximate surface area is 168 Å². The van der Waals surface area contributed by atoms with E-state index in [0.29, 0.717) is 23.5 Å². The number of carbonyl (C=O) groups is 2. The molecule has 0 aliphatic rings. The van der Waals surface area contributed by atoms with Gasteiger partial charge in [-0.25, -0.2) is 0 Å². The van der Waals surface area contributed by atoms with E-state index < -0.39 is 0 Å². The van der Waals surface area contributed by atoms with Gasteiger partial charge in [0.25, 0.3) is 5.91 Å². The molecule has 0 spiro atoms. The second-order valence-corrected chi connectivity index (χ2v) is 6.19. The van der Waals surface area contributed by atoms with Crippen molar-refractivity contribution < 1.29 is 42.8 Å². The lowest BCUT2D eigenvalue weighted by molar-refractivity contribution is -0.904. The lowest BCUT2D eigenvalue weighted by atomic mass is 10.1. The fourth-order valence-electron chi connectivity index (χ4n) is 2.33. The third-order valence-electron chi connectivity index (χ3n) is 4.75. The Kier molecular flexibility index (Phi) is 10.0. The smallest absolute Gasteiger partial charge is 0.255 e. The van der Waals surface area contributed by atoms with E-state index in [0.717, 1.165) is 24.1 Å². The average Bonchev–Trinajstić information content (AvgIpc) is 2.59. The number of methoxy groups -OCH3 is 1. The van der Waals surface area contributed by atoms with Crippen LogP contribution in [0.2, 0.25) is 0 Å². The van der Waals surface area contributed by atoms with Crippen molar-refractivity contribution in [3.8, 4) is 5.75 Å². The summed E-state index contributed by atoms with van der Waals surface area (Å²) in [4.78, 5) is 25.4. The normalized spacial score (nSPS) is 10.6. The molecule has 0 aromatic heterocycles. The van der Waals surface area contributed by atoms with Crippen LogP contribution in [0.15, 0.2) is 18.2 Å². The summed E-state index contributed by atoms with van der Waals surface area (Å²) in [6, 6.07) is 5.14. The first-order valence-corrected chi connectivity index (χ1v) is 8.32. The van der Waals surface area contributed by atoms with Crippen molar-refractivity contribution in [1.29, 1.82) is 0 Å². The number of carbonyl (C=O) groups excluding carboxylic acids is 2. The van der Waals surface area contributed by atoms with Crippen molar-refractivity contribution in [2.75, 3.05) is 52.3 Å². The van der Waals surface area contributed by atoms with E-state index in [1.54, 1.807) is 25.2 Å². The highest BCUT2D eigenvalue weighted by Gasteiger charge is 2.18. The third kappa shape index (κ3) is 6.47. The highest BCUT2D eigenvalue weighted by molar-refractivity contribution is 5.98. The number of hydrogen-bond donors (Lipinski definition) is 1. The number of benzene rings is 1. The lowest BCUT2D eigenvalue weighted by Crippen LogP contribution is -3.00. The Morgan fingerprint density at radius 1 is 1.24 bits per heavy atom. The molecule has 142 valence electrons. The van der Waals surface area contributed by atoms with E-state index in [9.17, 15) is 9.59 Å². The van der Waals surface area contributed by atoms with Gasteiger partial charge in [-0.15, -0.1) is 0 Å². The SMILES string of the molecule is CC[N+](C)(CC)CCNC(=O)c1ccc(N(C)C(C)=O)cc1OC.[I-]. The number of anilines is 1. The first-order chi connectivity index (χ1) is 11.3. The first-order valence-electron chi connectivity index (χ1n) is 8.32. The summed E-state index contributed by atoms with van der Waals surface area (Å²) in [7, 11) is 5.38. The van der Waals surface area contributed by atoms with Gasteiger partial charge in [0.2, 0.25) is 5.91 Å². The number of hydrogen-bond acceptors (Lipinski definition) is 3. The zero-order valence-corrected chi connectivity index (χ0v) is 18.2. The van der Waals surface area contributed by atoms with Crippen LogP contribution in [-0.2, 0) is 4.79 Å².